The van der Waals surface area contributed by atoms with E-state index in [1.165, 1.54) is 12.8 Å². The molecule has 0 heterocycles. The highest BCUT2D eigenvalue weighted by molar-refractivity contribution is 5.97. The lowest BCUT2D eigenvalue weighted by atomic mass is 9.79. The van der Waals surface area contributed by atoms with Gasteiger partial charge >= 0.3 is 0 Å². The van der Waals surface area contributed by atoms with E-state index in [0.717, 1.165) is 48.5 Å². The lowest BCUT2D eigenvalue weighted by molar-refractivity contribution is -0.115. The molecule has 0 saturated heterocycles. The van der Waals surface area contributed by atoms with E-state index in [2.05, 4.69) is 26.8 Å². The van der Waals surface area contributed by atoms with E-state index in [0.29, 0.717) is 5.78 Å². The summed E-state index contributed by atoms with van der Waals surface area (Å²) in [6.45, 7) is 7.04. The van der Waals surface area contributed by atoms with E-state index in [4.69, 9.17) is 0 Å². The van der Waals surface area contributed by atoms with Crippen LogP contribution in [0.1, 0.15) is 52.9 Å². The molecule has 1 heteroatoms. The van der Waals surface area contributed by atoms with Crippen molar-refractivity contribution in [3.05, 3.63) is 11.6 Å². The molecule has 0 aromatic carbocycles. The lowest BCUT2D eigenvalue weighted by Gasteiger charge is -2.26. The van der Waals surface area contributed by atoms with Crippen molar-refractivity contribution in [2.75, 3.05) is 0 Å². The molecular formula is C15H24O. The van der Waals surface area contributed by atoms with Crippen LogP contribution < -0.4 is 0 Å². The van der Waals surface area contributed by atoms with Gasteiger partial charge in [0.2, 0.25) is 0 Å². The normalized spacial score (nSPS) is 34.9. The number of allylic oxidation sites excluding steroid dienone is 2. The minimum Gasteiger partial charge on any atom is -0.295 e. The highest BCUT2D eigenvalue weighted by Crippen LogP contribution is 2.44. The van der Waals surface area contributed by atoms with Crippen LogP contribution in [-0.2, 0) is 4.79 Å². The first-order chi connectivity index (χ1) is 7.59. The summed E-state index contributed by atoms with van der Waals surface area (Å²) < 4.78 is 0. The summed E-state index contributed by atoms with van der Waals surface area (Å²) in [5.41, 5.74) is 1.14. The Morgan fingerprint density at radius 1 is 1.38 bits per heavy atom. The van der Waals surface area contributed by atoms with E-state index in [1.807, 2.05) is 0 Å². The molecule has 2 aliphatic carbocycles. The molecular weight excluding hydrogens is 196 g/mol. The van der Waals surface area contributed by atoms with Gasteiger partial charge < -0.3 is 0 Å². The third-order valence-corrected chi connectivity index (χ3v) is 4.67. The predicted octanol–water partition coefficient (Wildman–Crippen LogP) is 3.98. The second-order valence-electron chi connectivity index (χ2n) is 6.02. The maximum absolute atomic E-state index is 11.7. The van der Waals surface area contributed by atoms with E-state index in [-0.39, 0.29) is 0 Å². The molecule has 2 aliphatic rings. The van der Waals surface area contributed by atoms with Crippen LogP contribution in [0.3, 0.4) is 0 Å². The second-order valence-corrected chi connectivity index (χ2v) is 6.02. The summed E-state index contributed by atoms with van der Waals surface area (Å²) in [7, 11) is 0. The van der Waals surface area contributed by atoms with Crippen molar-refractivity contribution < 1.29 is 4.79 Å². The first-order valence-electron chi connectivity index (χ1n) is 6.81. The summed E-state index contributed by atoms with van der Waals surface area (Å²) in [6, 6.07) is 0. The smallest absolute Gasteiger partial charge is 0.158 e. The van der Waals surface area contributed by atoms with Crippen LogP contribution >= 0.6 is 0 Å². The zero-order valence-corrected chi connectivity index (χ0v) is 10.8. The molecule has 3 unspecified atom stereocenters. The molecule has 0 aromatic heterocycles. The van der Waals surface area contributed by atoms with Gasteiger partial charge in [0, 0.05) is 6.42 Å². The quantitative estimate of drug-likeness (QED) is 0.703. The van der Waals surface area contributed by atoms with E-state index in [9.17, 15) is 4.79 Å². The average Bonchev–Trinajstić information content (AvgIpc) is 2.76. The Labute approximate surface area is 99.3 Å². The predicted molar refractivity (Wildman–Crippen MR) is 67.2 cm³/mol. The SMILES string of the molecule is CC(C)C1CCC(C)C1CC1=CCCC1=O. The molecule has 0 aliphatic heterocycles. The fourth-order valence-electron chi connectivity index (χ4n) is 3.59. The fraction of sp³-hybridized carbons (Fsp3) is 0.800. The van der Waals surface area contributed by atoms with Crippen LogP contribution in [0, 0.1) is 23.7 Å². The Morgan fingerprint density at radius 3 is 2.69 bits per heavy atom. The molecule has 0 radical (unpaired) electrons. The van der Waals surface area contributed by atoms with Crippen LogP contribution in [0.4, 0.5) is 0 Å². The molecule has 0 spiro atoms. The van der Waals surface area contributed by atoms with E-state index < -0.39 is 0 Å². The topological polar surface area (TPSA) is 17.1 Å². The lowest BCUT2D eigenvalue weighted by Crippen LogP contribution is -2.19. The standard InChI is InChI=1S/C15H24O/c1-10(2)13-8-7-11(3)14(13)9-12-5-4-6-15(12)16/h5,10-11,13-14H,4,6-9H2,1-3H3. The molecule has 16 heavy (non-hydrogen) atoms. The third kappa shape index (κ3) is 2.23. The van der Waals surface area contributed by atoms with E-state index in [1.54, 1.807) is 0 Å². The summed E-state index contributed by atoms with van der Waals surface area (Å²) >= 11 is 0. The van der Waals surface area contributed by atoms with Gasteiger partial charge in [0.1, 0.15) is 0 Å². The minimum atomic E-state index is 0.418. The maximum Gasteiger partial charge on any atom is 0.158 e. The number of Topliss-reactive ketones (excluding diaryl/α,β-unsaturated/α-hetero) is 1. The zero-order valence-electron chi connectivity index (χ0n) is 10.8. The first kappa shape index (κ1) is 11.9. The van der Waals surface area contributed by atoms with Crippen LogP contribution in [0.2, 0.25) is 0 Å². The molecule has 0 amide bonds. The van der Waals surface area contributed by atoms with Gasteiger partial charge in [-0.2, -0.15) is 0 Å². The molecule has 1 nitrogen and oxygen atoms in total. The molecule has 0 bridgehead atoms. The average molecular weight is 220 g/mol. The third-order valence-electron chi connectivity index (χ3n) is 4.67. The van der Waals surface area contributed by atoms with Crippen molar-refractivity contribution in [1.82, 2.24) is 0 Å². The minimum absolute atomic E-state index is 0.418. The molecule has 2 rings (SSSR count). The number of hydrogen-bond acceptors (Lipinski definition) is 1. The summed E-state index contributed by atoms with van der Waals surface area (Å²) in [5.74, 6) is 3.59. The van der Waals surface area contributed by atoms with Gasteiger partial charge in [0.05, 0.1) is 0 Å². The van der Waals surface area contributed by atoms with E-state index >= 15 is 0 Å². The Bertz CT molecular complexity index is 301. The molecule has 0 aromatic rings. The number of hydrogen-bond donors (Lipinski definition) is 0. The Kier molecular flexibility index (Phi) is 3.51. The van der Waals surface area contributed by atoms with Crippen molar-refractivity contribution in [3.8, 4) is 0 Å². The van der Waals surface area contributed by atoms with Crippen molar-refractivity contribution >= 4 is 5.78 Å². The fourth-order valence-corrected chi connectivity index (χ4v) is 3.59. The van der Waals surface area contributed by atoms with Crippen molar-refractivity contribution in [3.63, 3.8) is 0 Å². The Balaban J connectivity index is 2.04. The Hall–Kier alpha value is -0.590. The molecule has 0 N–H and O–H groups in total. The zero-order chi connectivity index (χ0) is 11.7. The van der Waals surface area contributed by atoms with Crippen LogP contribution in [-0.4, -0.2) is 5.78 Å². The first-order valence-corrected chi connectivity index (χ1v) is 6.81. The number of rotatable bonds is 3. The van der Waals surface area contributed by atoms with Gasteiger partial charge in [-0.25, -0.2) is 0 Å². The number of ketones is 1. The highest BCUT2D eigenvalue weighted by atomic mass is 16.1. The van der Waals surface area contributed by atoms with Gasteiger partial charge in [0.25, 0.3) is 0 Å². The largest absolute Gasteiger partial charge is 0.295 e. The second kappa shape index (κ2) is 4.73. The maximum atomic E-state index is 11.7. The summed E-state index contributed by atoms with van der Waals surface area (Å²) in [4.78, 5) is 11.7. The summed E-state index contributed by atoms with van der Waals surface area (Å²) in [5, 5.41) is 0. The summed E-state index contributed by atoms with van der Waals surface area (Å²) in [6.07, 6.45) is 7.72. The van der Waals surface area contributed by atoms with Gasteiger partial charge in [-0.15, -0.1) is 0 Å². The molecule has 3 atom stereocenters. The monoisotopic (exact) mass is 220 g/mol. The number of carbonyl (C=O) groups excluding carboxylic acids is 1. The Morgan fingerprint density at radius 2 is 2.12 bits per heavy atom. The van der Waals surface area contributed by atoms with Gasteiger partial charge in [-0.3, -0.25) is 4.79 Å². The molecule has 90 valence electrons. The molecule has 1 fully saturated rings. The van der Waals surface area contributed by atoms with Gasteiger partial charge in [-0.1, -0.05) is 33.3 Å². The van der Waals surface area contributed by atoms with Gasteiger partial charge in [-0.05, 0) is 48.5 Å². The van der Waals surface area contributed by atoms with Crippen LogP contribution in [0.25, 0.3) is 0 Å². The van der Waals surface area contributed by atoms with Crippen LogP contribution in [0.15, 0.2) is 11.6 Å². The highest BCUT2D eigenvalue weighted by Gasteiger charge is 2.36. The van der Waals surface area contributed by atoms with Crippen molar-refractivity contribution in [2.24, 2.45) is 23.7 Å². The molecule has 1 saturated carbocycles. The number of carbonyl (C=O) groups is 1. The van der Waals surface area contributed by atoms with Gasteiger partial charge in [0.15, 0.2) is 5.78 Å². The van der Waals surface area contributed by atoms with Crippen LogP contribution in [0.5, 0.6) is 0 Å². The van der Waals surface area contributed by atoms with Crippen molar-refractivity contribution in [1.29, 1.82) is 0 Å². The van der Waals surface area contributed by atoms with Crippen molar-refractivity contribution in [2.45, 2.75) is 52.9 Å².